The van der Waals surface area contributed by atoms with Crippen molar-refractivity contribution in [2.24, 2.45) is 0 Å². The third-order valence-electron chi connectivity index (χ3n) is 2.54. The molecule has 2 aromatic rings. The van der Waals surface area contributed by atoms with Crippen LogP contribution in [0.3, 0.4) is 0 Å². The summed E-state index contributed by atoms with van der Waals surface area (Å²) in [4.78, 5) is 14.1. The highest BCUT2D eigenvalue weighted by Crippen LogP contribution is 2.23. The predicted octanol–water partition coefficient (Wildman–Crippen LogP) is 3.20. The first-order valence-corrected chi connectivity index (χ1v) is 5.98. The van der Waals surface area contributed by atoms with Crippen LogP contribution in [0.1, 0.15) is 22.5 Å². The summed E-state index contributed by atoms with van der Waals surface area (Å²) in [7, 11) is 0. The van der Waals surface area contributed by atoms with Crippen molar-refractivity contribution in [3.63, 3.8) is 0 Å². The van der Waals surface area contributed by atoms with E-state index in [1.807, 2.05) is 36.4 Å². The molecule has 88 valence electrons. The molecule has 0 aliphatic carbocycles. The summed E-state index contributed by atoms with van der Waals surface area (Å²) in [6.45, 7) is 0. The van der Waals surface area contributed by atoms with Gasteiger partial charge in [0.05, 0.1) is 0 Å². The molecular formula is C13H13NO2S. The SMILES string of the molecule is O=C(O)c1[nH]c2ccccc2c1C=CCCS. The Hall–Kier alpha value is -1.68. The van der Waals surface area contributed by atoms with Crippen molar-refractivity contribution in [2.75, 3.05) is 5.75 Å². The maximum atomic E-state index is 11.1. The van der Waals surface area contributed by atoms with E-state index >= 15 is 0 Å². The summed E-state index contributed by atoms with van der Waals surface area (Å²) in [5.74, 6) is -0.187. The molecule has 17 heavy (non-hydrogen) atoms. The van der Waals surface area contributed by atoms with E-state index in [9.17, 15) is 4.79 Å². The van der Waals surface area contributed by atoms with Gasteiger partial charge in [0.25, 0.3) is 0 Å². The van der Waals surface area contributed by atoms with Crippen molar-refractivity contribution >= 4 is 35.6 Å². The van der Waals surface area contributed by atoms with Crippen LogP contribution in [0.5, 0.6) is 0 Å². The molecule has 0 saturated carbocycles. The third kappa shape index (κ3) is 2.36. The van der Waals surface area contributed by atoms with Gasteiger partial charge in [-0.15, -0.1) is 0 Å². The van der Waals surface area contributed by atoms with Gasteiger partial charge in [-0.1, -0.05) is 30.4 Å². The summed E-state index contributed by atoms with van der Waals surface area (Å²) in [6.07, 6.45) is 4.61. The van der Waals surface area contributed by atoms with Crippen LogP contribution in [0.15, 0.2) is 30.3 Å². The van der Waals surface area contributed by atoms with Crippen LogP contribution in [0.25, 0.3) is 17.0 Å². The van der Waals surface area contributed by atoms with E-state index in [1.165, 1.54) is 0 Å². The van der Waals surface area contributed by atoms with Gasteiger partial charge in [0, 0.05) is 16.5 Å². The molecule has 0 saturated heterocycles. The number of carboxylic acids is 1. The number of fused-ring (bicyclic) bond motifs is 1. The van der Waals surface area contributed by atoms with E-state index < -0.39 is 5.97 Å². The molecule has 4 heteroatoms. The number of para-hydroxylation sites is 1. The maximum absolute atomic E-state index is 11.1. The average Bonchev–Trinajstić information content (AvgIpc) is 2.69. The lowest BCUT2D eigenvalue weighted by Gasteiger charge is -1.94. The number of hydrogen-bond donors (Lipinski definition) is 3. The number of aromatic nitrogens is 1. The van der Waals surface area contributed by atoms with E-state index in [-0.39, 0.29) is 5.69 Å². The largest absolute Gasteiger partial charge is 0.477 e. The minimum Gasteiger partial charge on any atom is -0.477 e. The second-order valence-electron chi connectivity index (χ2n) is 3.68. The zero-order valence-corrected chi connectivity index (χ0v) is 10.1. The topological polar surface area (TPSA) is 53.1 Å². The molecule has 3 nitrogen and oxygen atoms in total. The number of aromatic amines is 1. The lowest BCUT2D eigenvalue weighted by molar-refractivity contribution is 0.0691. The van der Waals surface area contributed by atoms with Gasteiger partial charge in [-0.05, 0) is 18.2 Å². The minimum atomic E-state index is -0.938. The second kappa shape index (κ2) is 5.10. The Labute approximate surface area is 105 Å². The number of hydrogen-bond acceptors (Lipinski definition) is 2. The highest BCUT2D eigenvalue weighted by atomic mass is 32.1. The Morgan fingerprint density at radius 3 is 2.88 bits per heavy atom. The first-order valence-electron chi connectivity index (χ1n) is 5.35. The Morgan fingerprint density at radius 1 is 1.41 bits per heavy atom. The number of aromatic carboxylic acids is 1. The van der Waals surface area contributed by atoms with Crippen LogP contribution in [0, 0.1) is 0 Å². The van der Waals surface area contributed by atoms with Crippen molar-refractivity contribution in [1.82, 2.24) is 4.98 Å². The van der Waals surface area contributed by atoms with Gasteiger partial charge in [-0.2, -0.15) is 12.6 Å². The number of rotatable bonds is 4. The Bertz CT molecular complexity index is 572. The van der Waals surface area contributed by atoms with Crippen LogP contribution < -0.4 is 0 Å². The fourth-order valence-corrected chi connectivity index (χ4v) is 1.93. The lowest BCUT2D eigenvalue weighted by atomic mass is 10.1. The highest BCUT2D eigenvalue weighted by Gasteiger charge is 2.13. The first kappa shape index (κ1) is 11.8. The summed E-state index contributed by atoms with van der Waals surface area (Å²) in [5, 5.41) is 10.1. The predicted molar refractivity (Wildman–Crippen MR) is 72.8 cm³/mol. The number of allylic oxidation sites excluding steroid dienone is 1. The summed E-state index contributed by atoms with van der Waals surface area (Å²) >= 11 is 4.12. The quantitative estimate of drug-likeness (QED) is 0.727. The molecule has 0 atom stereocenters. The van der Waals surface area contributed by atoms with E-state index in [0.717, 1.165) is 28.6 Å². The monoisotopic (exact) mass is 247 g/mol. The molecule has 0 aliphatic rings. The minimum absolute atomic E-state index is 0.238. The molecule has 0 fully saturated rings. The number of thiol groups is 1. The number of carboxylic acid groups (broad SMARTS) is 1. The molecule has 0 aliphatic heterocycles. The standard InChI is InChI=1S/C13H13NO2S/c15-13(16)12-10(6-3-4-8-17)9-5-1-2-7-11(9)14-12/h1-3,5-7,14,17H,4,8H2,(H,15,16). The molecule has 2 N–H and O–H groups in total. The van der Waals surface area contributed by atoms with Crippen molar-refractivity contribution in [1.29, 1.82) is 0 Å². The van der Waals surface area contributed by atoms with Crippen LogP contribution >= 0.6 is 12.6 Å². The molecule has 0 spiro atoms. The molecule has 1 heterocycles. The number of carbonyl (C=O) groups is 1. The van der Waals surface area contributed by atoms with E-state index in [1.54, 1.807) is 0 Å². The van der Waals surface area contributed by atoms with Gasteiger partial charge >= 0.3 is 5.97 Å². The lowest BCUT2D eigenvalue weighted by Crippen LogP contribution is -1.98. The third-order valence-corrected chi connectivity index (χ3v) is 2.80. The summed E-state index contributed by atoms with van der Waals surface area (Å²) in [6, 6.07) is 7.57. The Kier molecular flexibility index (Phi) is 3.54. The Morgan fingerprint density at radius 2 is 2.18 bits per heavy atom. The zero-order valence-electron chi connectivity index (χ0n) is 9.18. The maximum Gasteiger partial charge on any atom is 0.352 e. The van der Waals surface area contributed by atoms with Crippen molar-refractivity contribution in [3.8, 4) is 0 Å². The van der Waals surface area contributed by atoms with E-state index in [2.05, 4.69) is 17.6 Å². The fourth-order valence-electron chi connectivity index (χ4n) is 1.78. The van der Waals surface area contributed by atoms with Crippen molar-refractivity contribution in [3.05, 3.63) is 41.6 Å². The molecular weight excluding hydrogens is 234 g/mol. The van der Waals surface area contributed by atoms with Crippen LogP contribution in [-0.4, -0.2) is 21.8 Å². The first-order chi connectivity index (χ1) is 8.24. The molecule has 0 bridgehead atoms. The van der Waals surface area contributed by atoms with Gasteiger partial charge in [-0.25, -0.2) is 4.79 Å². The summed E-state index contributed by atoms with van der Waals surface area (Å²) in [5.41, 5.74) is 1.81. The normalized spacial score (nSPS) is 11.4. The molecule has 2 rings (SSSR count). The highest BCUT2D eigenvalue weighted by molar-refractivity contribution is 7.80. The van der Waals surface area contributed by atoms with E-state index in [0.29, 0.717) is 0 Å². The number of H-pyrrole nitrogens is 1. The van der Waals surface area contributed by atoms with Gasteiger partial charge in [0.2, 0.25) is 0 Å². The molecule has 0 amide bonds. The van der Waals surface area contributed by atoms with E-state index in [4.69, 9.17) is 5.11 Å². The zero-order chi connectivity index (χ0) is 12.3. The van der Waals surface area contributed by atoms with Crippen LogP contribution in [0.2, 0.25) is 0 Å². The van der Waals surface area contributed by atoms with Crippen LogP contribution in [-0.2, 0) is 0 Å². The van der Waals surface area contributed by atoms with Gasteiger partial charge in [0.1, 0.15) is 5.69 Å². The van der Waals surface area contributed by atoms with Crippen LogP contribution in [0.4, 0.5) is 0 Å². The number of nitrogens with one attached hydrogen (secondary N) is 1. The van der Waals surface area contributed by atoms with Gasteiger partial charge in [0.15, 0.2) is 0 Å². The van der Waals surface area contributed by atoms with Crippen molar-refractivity contribution < 1.29 is 9.90 Å². The molecule has 0 unspecified atom stereocenters. The van der Waals surface area contributed by atoms with Gasteiger partial charge < -0.3 is 10.1 Å². The average molecular weight is 247 g/mol. The molecule has 1 aromatic carbocycles. The summed E-state index contributed by atoms with van der Waals surface area (Å²) < 4.78 is 0. The van der Waals surface area contributed by atoms with Gasteiger partial charge in [-0.3, -0.25) is 0 Å². The Balaban J connectivity index is 2.56. The second-order valence-corrected chi connectivity index (χ2v) is 4.13. The number of benzene rings is 1. The molecule has 1 aromatic heterocycles. The molecule has 0 radical (unpaired) electrons. The van der Waals surface area contributed by atoms with Crippen molar-refractivity contribution in [2.45, 2.75) is 6.42 Å². The fraction of sp³-hybridized carbons (Fsp3) is 0.154. The smallest absolute Gasteiger partial charge is 0.352 e.